The summed E-state index contributed by atoms with van der Waals surface area (Å²) in [5.74, 6) is 0.0193. The lowest BCUT2D eigenvalue weighted by Crippen LogP contribution is -2.43. The van der Waals surface area contributed by atoms with Crippen LogP contribution < -0.4 is 10.2 Å². The largest absolute Gasteiger partial charge is 0.366 e. The van der Waals surface area contributed by atoms with Crippen LogP contribution >= 0.6 is 0 Å². The fourth-order valence-electron chi connectivity index (χ4n) is 4.37. The molecule has 0 unspecified atom stereocenters. The molecular formula is C22H26N4O2. The van der Waals surface area contributed by atoms with Crippen LogP contribution in [-0.2, 0) is 4.79 Å². The third kappa shape index (κ3) is 3.72. The Labute approximate surface area is 165 Å². The molecule has 0 aliphatic carbocycles. The third-order valence-corrected chi connectivity index (χ3v) is 5.78. The van der Waals surface area contributed by atoms with Crippen LogP contribution in [0.5, 0.6) is 0 Å². The third-order valence-electron chi connectivity index (χ3n) is 5.78. The van der Waals surface area contributed by atoms with Crippen molar-refractivity contribution in [1.29, 1.82) is 0 Å². The second-order valence-corrected chi connectivity index (χ2v) is 7.55. The molecule has 2 amide bonds. The lowest BCUT2D eigenvalue weighted by atomic mass is 9.92. The number of rotatable bonds is 2. The van der Waals surface area contributed by atoms with Gasteiger partial charge in [0.25, 0.3) is 5.91 Å². The minimum absolute atomic E-state index is 0.0219. The number of amides is 2. The average molecular weight is 378 g/mol. The predicted molar refractivity (Wildman–Crippen MR) is 108 cm³/mol. The number of fused-ring (bicyclic) bond motifs is 1. The van der Waals surface area contributed by atoms with Gasteiger partial charge < -0.3 is 15.1 Å². The highest BCUT2D eigenvalue weighted by atomic mass is 16.2. The summed E-state index contributed by atoms with van der Waals surface area (Å²) >= 11 is 0. The molecule has 4 rings (SSSR count). The molecule has 0 saturated carbocycles. The highest BCUT2D eigenvalue weighted by molar-refractivity contribution is 5.94. The fourth-order valence-corrected chi connectivity index (χ4v) is 4.37. The van der Waals surface area contributed by atoms with Crippen LogP contribution in [0.4, 0.5) is 5.69 Å². The van der Waals surface area contributed by atoms with Crippen molar-refractivity contribution in [3.63, 3.8) is 0 Å². The van der Waals surface area contributed by atoms with Crippen LogP contribution in [0.25, 0.3) is 0 Å². The molecule has 2 aliphatic heterocycles. The van der Waals surface area contributed by atoms with Gasteiger partial charge in [-0.15, -0.1) is 0 Å². The summed E-state index contributed by atoms with van der Waals surface area (Å²) < 4.78 is 0. The number of carbonyl (C=O) groups excluding carboxylic acids is 2. The van der Waals surface area contributed by atoms with Crippen molar-refractivity contribution >= 4 is 17.5 Å². The molecule has 28 heavy (non-hydrogen) atoms. The van der Waals surface area contributed by atoms with Crippen LogP contribution in [0, 0.1) is 12.8 Å². The van der Waals surface area contributed by atoms with E-state index in [1.165, 1.54) is 0 Å². The number of aromatic nitrogens is 1. The van der Waals surface area contributed by atoms with Crippen molar-refractivity contribution in [3.8, 4) is 0 Å². The Hall–Kier alpha value is -2.89. The van der Waals surface area contributed by atoms with Gasteiger partial charge in [-0.3, -0.25) is 14.6 Å². The van der Waals surface area contributed by atoms with Crippen LogP contribution in [0.15, 0.2) is 48.7 Å². The van der Waals surface area contributed by atoms with Crippen molar-refractivity contribution in [2.24, 2.45) is 5.92 Å². The van der Waals surface area contributed by atoms with E-state index in [2.05, 4.69) is 27.3 Å². The van der Waals surface area contributed by atoms with Gasteiger partial charge in [-0.2, -0.15) is 0 Å². The summed E-state index contributed by atoms with van der Waals surface area (Å²) in [5, 5.41) is 3.06. The molecule has 2 saturated heterocycles. The number of hydrogen-bond donors (Lipinski definition) is 1. The molecule has 3 heterocycles. The molecule has 0 bridgehead atoms. The van der Waals surface area contributed by atoms with E-state index in [-0.39, 0.29) is 23.8 Å². The van der Waals surface area contributed by atoms with Crippen LogP contribution in [0.3, 0.4) is 0 Å². The Kier molecular flexibility index (Phi) is 5.28. The summed E-state index contributed by atoms with van der Waals surface area (Å²) in [4.78, 5) is 34.1. The smallest absolute Gasteiger partial charge is 0.253 e. The lowest BCUT2D eigenvalue weighted by Gasteiger charge is -2.34. The SMILES string of the molecule is Cc1cc(C(=O)N2CC[C@H]3C(=O)NCCN(c4ccccc4)[C@H]3CC2)ccn1. The molecule has 146 valence electrons. The Balaban J connectivity index is 1.57. The van der Waals surface area contributed by atoms with Gasteiger partial charge in [-0.1, -0.05) is 18.2 Å². The van der Waals surface area contributed by atoms with Gasteiger partial charge >= 0.3 is 0 Å². The van der Waals surface area contributed by atoms with E-state index in [9.17, 15) is 9.59 Å². The maximum absolute atomic E-state index is 13.0. The molecule has 1 aromatic carbocycles. The van der Waals surface area contributed by atoms with Crippen molar-refractivity contribution in [2.45, 2.75) is 25.8 Å². The Morgan fingerprint density at radius 1 is 1.11 bits per heavy atom. The van der Waals surface area contributed by atoms with E-state index in [0.717, 1.165) is 24.3 Å². The average Bonchev–Trinajstić information content (AvgIpc) is 3.02. The molecule has 2 fully saturated rings. The van der Waals surface area contributed by atoms with Gasteiger partial charge in [-0.25, -0.2) is 0 Å². The summed E-state index contributed by atoms with van der Waals surface area (Å²) in [7, 11) is 0. The maximum atomic E-state index is 13.0. The second kappa shape index (κ2) is 8.00. The summed E-state index contributed by atoms with van der Waals surface area (Å²) in [6, 6.07) is 14.0. The van der Waals surface area contributed by atoms with Crippen molar-refractivity contribution < 1.29 is 9.59 Å². The first kappa shape index (κ1) is 18.5. The number of hydrogen-bond acceptors (Lipinski definition) is 4. The fraction of sp³-hybridized carbons (Fsp3) is 0.409. The van der Waals surface area contributed by atoms with E-state index in [4.69, 9.17) is 0 Å². The van der Waals surface area contributed by atoms with E-state index < -0.39 is 0 Å². The topological polar surface area (TPSA) is 65.5 Å². The summed E-state index contributed by atoms with van der Waals surface area (Å²) in [5.41, 5.74) is 2.64. The van der Waals surface area contributed by atoms with Crippen LogP contribution in [0.2, 0.25) is 0 Å². The number of aryl methyl sites for hydroxylation is 1. The number of nitrogens with zero attached hydrogens (tertiary/aromatic N) is 3. The molecular weight excluding hydrogens is 352 g/mol. The molecule has 0 radical (unpaired) electrons. The minimum Gasteiger partial charge on any atom is -0.366 e. The zero-order valence-corrected chi connectivity index (χ0v) is 16.2. The quantitative estimate of drug-likeness (QED) is 0.871. The first-order valence-electron chi connectivity index (χ1n) is 9.95. The Morgan fingerprint density at radius 2 is 1.89 bits per heavy atom. The van der Waals surface area contributed by atoms with Gasteiger partial charge in [-0.05, 0) is 44.0 Å². The minimum atomic E-state index is -0.111. The monoisotopic (exact) mass is 378 g/mol. The number of carbonyl (C=O) groups is 2. The predicted octanol–water partition coefficient (Wildman–Crippen LogP) is 2.25. The lowest BCUT2D eigenvalue weighted by molar-refractivity contribution is -0.125. The summed E-state index contributed by atoms with van der Waals surface area (Å²) in [6.07, 6.45) is 3.13. The molecule has 6 heteroatoms. The first-order valence-corrected chi connectivity index (χ1v) is 9.95. The standard InChI is InChI=1S/C22H26N4O2/c1-16-15-17(7-10-23-16)22(28)25-12-8-19-20(9-13-25)26(14-11-24-21(19)27)18-5-3-2-4-6-18/h2-7,10,15,19-20H,8-9,11-14H2,1H3,(H,24,27)/t19-,20+/m1/s1. The van der Waals surface area contributed by atoms with Crippen molar-refractivity contribution in [3.05, 3.63) is 59.9 Å². The van der Waals surface area contributed by atoms with E-state index >= 15 is 0 Å². The molecule has 1 aromatic heterocycles. The van der Waals surface area contributed by atoms with Gasteiger partial charge in [0.05, 0.1) is 5.92 Å². The van der Waals surface area contributed by atoms with Gasteiger partial charge in [0.15, 0.2) is 0 Å². The second-order valence-electron chi connectivity index (χ2n) is 7.55. The first-order chi connectivity index (χ1) is 13.6. The molecule has 2 atom stereocenters. The maximum Gasteiger partial charge on any atom is 0.253 e. The van der Waals surface area contributed by atoms with Crippen molar-refractivity contribution in [2.75, 3.05) is 31.1 Å². The molecule has 2 aromatic rings. The van der Waals surface area contributed by atoms with E-state index in [1.807, 2.05) is 36.1 Å². The highest BCUT2D eigenvalue weighted by Crippen LogP contribution is 2.29. The van der Waals surface area contributed by atoms with E-state index in [1.54, 1.807) is 12.3 Å². The normalized spacial score (nSPS) is 22.7. The van der Waals surface area contributed by atoms with Gasteiger partial charge in [0.2, 0.25) is 5.91 Å². The zero-order valence-electron chi connectivity index (χ0n) is 16.2. The number of nitrogens with one attached hydrogen (secondary N) is 1. The summed E-state index contributed by atoms with van der Waals surface area (Å²) in [6.45, 7) is 4.57. The Bertz CT molecular complexity index is 855. The number of pyridine rings is 1. The van der Waals surface area contributed by atoms with Gasteiger partial charge in [0, 0.05) is 55.4 Å². The molecule has 2 aliphatic rings. The Morgan fingerprint density at radius 3 is 2.68 bits per heavy atom. The highest BCUT2D eigenvalue weighted by Gasteiger charge is 2.38. The number of para-hydroxylation sites is 1. The van der Waals surface area contributed by atoms with Crippen LogP contribution in [-0.4, -0.2) is 53.9 Å². The van der Waals surface area contributed by atoms with Crippen LogP contribution in [0.1, 0.15) is 28.9 Å². The number of benzene rings is 1. The molecule has 1 N–H and O–H groups in total. The van der Waals surface area contributed by atoms with E-state index in [0.29, 0.717) is 31.6 Å². The van der Waals surface area contributed by atoms with Gasteiger partial charge in [0.1, 0.15) is 0 Å². The zero-order chi connectivity index (χ0) is 19.5. The number of anilines is 1. The molecule has 6 nitrogen and oxygen atoms in total. The van der Waals surface area contributed by atoms with Crippen molar-refractivity contribution in [1.82, 2.24) is 15.2 Å². The number of likely N-dealkylation sites (tertiary alicyclic amines) is 1. The molecule has 0 spiro atoms.